The Labute approximate surface area is 107 Å². The van der Waals surface area contributed by atoms with Crippen molar-refractivity contribution < 1.29 is 9.53 Å². The van der Waals surface area contributed by atoms with Gasteiger partial charge in [0, 0.05) is 5.57 Å². The summed E-state index contributed by atoms with van der Waals surface area (Å²) in [5.74, 6) is -0.263. The van der Waals surface area contributed by atoms with E-state index in [4.69, 9.17) is 4.74 Å². The van der Waals surface area contributed by atoms with Crippen LogP contribution in [0.3, 0.4) is 0 Å². The number of carbonyl (C=O) groups is 1. The van der Waals surface area contributed by atoms with E-state index in [1.54, 1.807) is 0 Å². The standard InChI is InChI=1S/C16H16O2/c1-12-6-8-14(9-7-12)13-4-3-5-15(11-10-13)16(17)18-2/h3-4,6-11H,5H2,1-2H3. The molecule has 0 atom stereocenters. The van der Waals surface area contributed by atoms with Gasteiger partial charge in [-0.1, -0.05) is 54.1 Å². The second kappa shape index (κ2) is 5.50. The Balaban J connectivity index is 2.29. The minimum atomic E-state index is -0.263. The first-order valence-corrected chi connectivity index (χ1v) is 5.93. The lowest BCUT2D eigenvalue weighted by molar-refractivity contribution is -0.136. The van der Waals surface area contributed by atoms with Crippen LogP contribution in [-0.2, 0) is 9.53 Å². The maximum Gasteiger partial charge on any atom is 0.334 e. The number of hydrogen-bond donors (Lipinski definition) is 0. The molecule has 1 aliphatic carbocycles. The van der Waals surface area contributed by atoms with Gasteiger partial charge in [-0.3, -0.25) is 0 Å². The van der Waals surface area contributed by atoms with Crippen molar-refractivity contribution in [2.24, 2.45) is 0 Å². The van der Waals surface area contributed by atoms with E-state index >= 15 is 0 Å². The summed E-state index contributed by atoms with van der Waals surface area (Å²) in [5, 5.41) is 0. The molecular formula is C16H16O2. The highest BCUT2D eigenvalue weighted by Gasteiger charge is 2.09. The zero-order valence-electron chi connectivity index (χ0n) is 10.6. The van der Waals surface area contributed by atoms with Crippen LogP contribution in [0.15, 0.2) is 54.1 Å². The van der Waals surface area contributed by atoms with Gasteiger partial charge in [0.15, 0.2) is 0 Å². The van der Waals surface area contributed by atoms with Gasteiger partial charge in [-0.15, -0.1) is 0 Å². The lowest BCUT2D eigenvalue weighted by atomic mass is 10.0. The fraction of sp³-hybridized carbons (Fsp3) is 0.188. The molecule has 0 aromatic heterocycles. The zero-order valence-corrected chi connectivity index (χ0v) is 10.6. The second-order valence-corrected chi connectivity index (χ2v) is 4.28. The van der Waals surface area contributed by atoms with Crippen LogP contribution in [0.1, 0.15) is 17.5 Å². The minimum absolute atomic E-state index is 0.263. The van der Waals surface area contributed by atoms with E-state index in [1.807, 2.05) is 24.3 Å². The summed E-state index contributed by atoms with van der Waals surface area (Å²) in [6.45, 7) is 2.07. The number of aryl methyl sites for hydroxylation is 1. The van der Waals surface area contributed by atoms with Gasteiger partial charge in [0.25, 0.3) is 0 Å². The van der Waals surface area contributed by atoms with Crippen molar-refractivity contribution in [3.63, 3.8) is 0 Å². The van der Waals surface area contributed by atoms with Crippen LogP contribution in [0.4, 0.5) is 0 Å². The highest BCUT2D eigenvalue weighted by molar-refractivity contribution is 5.90. The van der Waals surface area contributed by atoms with Crippen molar-refractivity contribution in [2.45, 2.75) is 13.3 Å². The first-order chi connectivity index (χ1) is 8.70. The number of allylic oxidation sites excluding steroid dienone is 5. The van der Waals surface area contributed by atoms with Crippen molar-refractivity contribution in [1.29, 1.82) is 0 Å². The van der Waals surface area contributed by atoms with Crippen LogP contribution in [0.25, 0.3) is 5.57 Å². The van der Waals surface area contributed by atoms with Crippen LogP contribution in [0.5, 0.6) is 0 Å². The van der Waals surface area contributed by atoms with Gasteiger partial charge < -0.3 is 4.74 Å². The predicted molar refractivity (Wildman–Crippen MR) is 73.0 cm³/mol. The molecule has 2 heteroatoms. The molecule has 1 aromatic carbocycles. The molecule has 0 N–H and O–H groups in total. The fourth-order valence-electron chi connectivity index (χ4n) is 1.85. The average molecular weight is 240 g/mol. The van der Waals surface area contributed by atoms with Crippen LogP contribution < -0.4 is 0 Å². The Morgan fingerprint density at radius 3 is 2.56 bits per heavy atom. The molecule has 0 amide bonds. The highest BCUT2D eigenvalue weighted by Crippen LogP contribution is 2.21. The Morgan fingerprint density at radius 2 is 1.89 bits per heavy atom. The molecule has 1 aliphatic rings. The van der Waals surface area contributed by atoms with Crippen molar-refractivity contribution in [3.05, 3.63) is 65.3 Å². The van der Waals surface area contributed by atoms with Crippen LogP contribution in [-0.4, -0.2) is 13.1 Å². The molecule has 0 fully saturated rings. The lowest BCUT2D eigenvalue weighted by Crippen LogP contribution is -2.03. The lowest BCUT2D eigenvalue weighted by Gasteiger charge is -2.01. The van der Waals surface area contributed by atoms with Gasteiger partial charge in [-0.2, -0.15) is 0 Å². The van der Waals surface area contributed by atoms with Gasteiger partial charge in [-0.05, 0) is 24.5 Å². The maximum atomic E-state index is 11.5. The van der Waals surface area contributed by atoms with Gasteiger partial charge in [0.05, 0.1) is 7.11 Å². The predicted octanol–water partition coefficient (Wildman–Crippen LogP) is 3.44. The Kier molecular flexibility index (Phi) is 3.78. The van der Waals surface area contributed by atoms with Crippen LogP contribution in [0.2, 0.25) is 0 Å². The summed E-state index contributed by atoms with van der Waals surface area (Å²) in [7, 11) is 1.41. The Morgan fingerprint density at radius 1 is 1.17 bits per heavy atom. The summed E-state index contributed by atoms with van der Waals surface area (Å²) < 4.78 is 4.73. The third-order valence-electron chi connectivity index (χ3n) is 2.93. The SMILES string of the molecule is COC(=O)C1=CC=C(c2ccc(C)cc2)C=CC1. The maximum absolute atomic E-state index is 11.5. The van der Waals surface area contributed by atoms with Gasteiger partial charge in [-0.25, -0.2) is 4.79 Å². The molecule has 18 heavy (non-hydrogen) atoms. The van der Waals surface area contributed by atoms with Gasteiger partial charge in [0.2, 0.25) is 0 Å². The highest BCUT2D eigenvalue weighted by atomic mass is 16.5. The summed E-state index contributed by atoms with van der Waals surface area (Å²) in [6.07, 6.45) is 8.43. The van der Waals surface area contributed by atoms with E-state index in [2.05, 4.69) is 31.2 Å². The molecule has 0 bridgehead atoms. The average Bonchev–Trinajstić information content (AvgIpc) is 2.64. The van der Waals surface area contributed by atoms with E-state index in [-0.39, 0.29) is 5.97 Å². The monoisotopic (exact) mass is 240 g/mol. The van der Waals surface area contributed by atoms with E-state index < -0.39 is 0 Å². The summed E-state index contributed by atoms with van der Waals surface area (Å²) in [5.41, 5.74) is 4.17. The second-order valence-electron chi connectivity index (χ2n) is 4.28. The van der Waals surface area contributed by atoms with Crippen molar-refractivity contribution in [1.82, 2.24) is 0 Å². The van der Waals surface area contributed by atoms with E-state index in [1.165, 1.54) is 12.7 Å². The molecule has 1 aromatic rings. The van der Waals surface area contributed by atoms with E-state index in [0.717, 1.165) is 11.1 Å². The minimum Gasteiger partial charge on any atom is -0.466 e. The number of rotatable bonds is 2. The number of carbonyl (C=O) groups excluding carboxylic acids is 1. The number of esters is 1. The molecular weight excluding hydrogens is 224 g/mol. The van der Waals surface area contributed by atoms with Gasteiger partial charge in [0.1, 0.15) is 0 Å². The number of ether oxygens (including phenoxy) is 1. The molecule has 2 nitrogen and oxygen atoms in total. The molecule has 2 rings (SSSR count). The number of hydrogen-bond acceptors (Lipinski definition) is 2. The quantitative estimate of drug-likeness (QED) is 0.740. The van der Waals surface area contributed by atoms with Gasteiger partial charge >= 0.3 is 5.97 Å². The molecule has 0 saturated carbocycles. The largest absolute Gasteiger partial charge is 0.466 e. The smallest absolute Gasteiger partial charge is 0.334 e. The van der Waals surface area contributed by atoms with E-state index in [0.29, 0.717) is 12.0 Å². The summed E-state index contributed by atoms with van der Waals surface area (Å²) in [6, 6.07) is 8.34. The van der Waals surface area contributed by atoms with Crippen molar-refractivity contribution >= 4 is 11.5 Å². The molecule has 0 saturated heterocycles. The first kappa shape index (κ1) is 12.4. The molecule has 0 heterocycles. The molecule has 0 unspecified atom stereocenters. The normalized spacial score (nSPS) is 14.6. The first-order valence-electron chi connectivity index (χ1n) is 5.93. The molecule has 0 aliphatic heterocycles. The topological polar surface area (TPSA) is 26.3 Å². The molecule has 0 spiro atoms. The van der Waals surface area contributed by atoms with E-state index in [9.17, 15) is 4.79 Å². The third kappa shape index (κ3) is 2.77. The Bertz CT molecular complexity index is 531. The molecule has 0 radical (unpaired) electrons. The van der Waals surface area contributed by atoms with Crippen molar-refractivity contribution in [2.75, 3.05) is 7.11 Å². The summed E-state index contributed by atoms with van der Waals surface area (Å²) >= 11 is 0. The van der Waals surface area contributed by atoms with Crippen LogP contribution in [0, 0.1) is 6.92 Å². The summed E-state index contributed by atoms with van der Waals surface area (Å²) in [4.78, 5) is 11.5. The third-order valence-corrected chi connectivity index (χ3v) is 2.93. The van der Waals surface area contributed by atoms with Crippen LogP contribution >= 0.6 is 0 Å². The fourth-order valence-corrected chi connectivity index (χ4v) is 1.85. The number of benzene rings is 1. The Hall–Kier alpha value is -2.09. The van der Waals surface area contributed by atoms with Crippen molar-refractivity contribution in [3.8, 4) is 0 Å². The number of methoxy groups -OCH3 is 1. The zero-order chi connectivity index (χ0) is 13.0. The molecule has 92 valence electrons.